The van der Waals surface area contributed by atoms with Crippen LogP contribution in [0.5, 0.6) is 0 Å². The van der Waals surface area contributed by atoms with E-state index < -0.39 is 8.32 Å². The molecular formula is C17H30OSi. The molecule has 0 aliphatic rings. The molecule has 108 valence electrons. The van der Waals surface area contributed by atoms with Crippen LogP contribution in [0, 0.1) is 6.92 Å². The average molecular weight is 279 g/mol. The summed E-state index contributed by atoms with van der Waals surface area (Å²) < 4.78 is 6.40. The van der Waals surface area contributed by atoms with Crippen molar-refractivity contribution in [1.29, 1.82) is 0 Å². The first-order valence-electron chi connectivity index (χ1n) is 7.89. The molecule has 0 spiro atoms. The number of hydrogen-bond donors (Lipinski definition) is 0. The van der Waals surface area contributed by atoms with Gasteiger partial charge in [-0.25, -0.2) is 0 Å². The maximum absolute atomic E-state index is 6.40. The molecule has 1 aromatic rings. The molecule has 0 aliphatic heterocycles. The normalized spacial score (nSPS) is 11.8. The molecule has 0 aromatic heterocycles. The maximum atomic E-state index is 6.40. The van der Waals surface area contributed by atoms with E-state index in [9.17, 15) is 0 Å². The lowest BCUT2D eigenvalue weighted by Gasteiger charge is -2.32. The highest BCUT2D eigenvalue weighted by atomic mass is 28.4. The molecule has 0 atom stereocenters. The van der Waals surface area contributed by atoms with E-state index in [4.69, 9.17) is 4.43 Å². The van der Waals surface area contributed by atoms with Gasteiger partial charge in [-0.2, -0.15) is 0 Å². The highest BCUT2D eigenvalue weighted by Gasteiger charge is 2.35. The van der Waals surface area contributed by atoms with Crippen molar-refractivity contribution in [2.75, 3.05) is 6.61 Å². The molecule has 0 bridgehead atoms. The molecule has 19 heavy (non-hydrogen) atoms. The second-order valence-electron chi connectivity index (χ2n) is 5.50. The highest BCUT2D eigenvalue weighted by molar-refractivity contribution is 6.86. The number of aryl methyl sites for hydroxylation is 1. The first-order valence-corrected chi connectivity index (χ1v) is 10.2. The van der Waals surface area contributed by atoms with E-state index in [0.717, 1.165) is 6.61 Å². The second-order valence-corrected chi connectivity index (χ2v) is 9.36. The average Bonchev–Trinajstić information content (AvgIpc) is 2.43. The molecule has 2 heteroatoms. The lowest BCUT2D eigenvalue weighted by atomic mass is 10.2. The molecule has 0 saturated carbocycles. The maximum Gasteiger partial charge on any atom is 0.224 e. The molecule has 1 nitrogen and oxygen atoms in total. The molecule has 0 aliphatic carbocycles. The lowest BCUT2D eigenvalue weighted by molar-refractivity contribution is 0.326. The van der Waals surface area contributed by atoms with Gasteiger partial charge >= 0.3 is 0 Å². The van der Waals surface area contributed by atoms with Crippen molar-refractivity contribution in [3.63, 3.8) is 0 Å². The second kappa shape index (κ2) is 8.54. The van der Waals surface area contributed by atoms with E-state index in [1.165, 1.54) is 48.5 Å². The monoisotopic (exact) mass is 278 g/mol. The van der Waals surface area contributed by atoms with Crippen molar-refractivity contribution in [3.8, 4) is 0 Å². The number of unbranched alkanes of at least 4 members (excludes halogenated alkanes) is 2. The third kappa shape index (κ3) is 4.77. The zero-order valence-corrected chi connectivity index (χ0v) is 14.2. The van der Waals surface area contributed by atoms with Crippen LogP contribution in [0.25, 0.3) is 0 Å². The van der Waals surface area contributed by atoms with Crippen LogP contribution in [0.4, 0.5) is 0 Å². The van der Waals surface area contributed by atoms with E-state index >= 15 is 0 Å². The Bertz CT molecular complexity index is 337. The topological polar surface area (TPSA) is 9.23 Å². The van der Waals surface area contributed by atoms with Crippen molar-refractivity contribution in [2.45, 2.75) is 65.5 Å². The van der Waals surface area contributed by atoms with Crippen molar-refractivity contribution in [2.24, 2.45) is 0 Å². The van der Waals surface area contributed by atoms with E-state index in [2.05, 4.69) is 52.0 Å². The van der Waals surface area contributed by atoms with Crippen LogP contribution >= 0.6 is 0 Å². The van der Waals surface area contributed by atoms with Crippen LogP contribution in [0.2, 0.25) is 12.1 Å². The van der Waals surface area contributed by atoms with Gasteiger partial charge in [-0.1, -0.05) is 69.4 Å². The van der Waals surface area contributed by atoms with Crippen LogP contribution in [-0.4, -0.2) is 14.9 Å². The Hall–Kier alpha value is -0.603. The van der Waals surface area contributed by atoms with E-state index in [1.807, 2.05) is 0 Å². The Morgan fingerprint density at radius 1 is 0.895 bits per heavy atom. The molecule has 0 fully saturated rings. The third-order valence-corrected chi connectivity index (χ3v) is 8.42. The Balaban J connectivity index is 3.00. The molecule has 0 radical (unpaired) electrons. The molecule has 0 unspecified atom stereocenters. The summed E-state index contributed by atoms with van der Waals surface area (Å²) in [5.74, 6) is 0. The minimum Gasteiger partial charge on any atom is -0.413 e. The van der Waals surface area contributed by atoms with Crippen LogP contribution in [-0.2, 0) is 4.43 Å². The summed E-state index contributed by atoms with van der Waals surface area (Å²) >= 11 is 0. The predicted octanol–water partition coefficient (Wildman–Crippen LogP) is 4.78. The van der Waals surface area contributed by atoms with Gasteiger partial charge < -0.3 is 4.43 Å². The SMILES string of the molecule is CCCC[Si](CCCC)(OCC)c1ccc(C)cc1. The van der Waals surface area contributed by atoms with Gasteiger partial charge in [0, 0.05) is 6.61 Å². The fraction of sp³-hybridized carbons (Fsp3) is 0.647. The van der Waals surface area contributed by atoms with Crippen LogP contribution < -0.4 is 5.19 Å². The van der Waals surface area contributed by atoms with Gasteiger partial charge in [0.2, 0.25) is 8.32 Å². The summed E-state index contributed by atoms with van der Waals surface area (Å²) in [6.07, 6.45) is 5.12. The van der Waals surface area contributed by atoms with Crippen LogP contribution in [0.1, 0.15) is 52.0 Å². The van der Waals surface area contributed by atoms with Crippen molar-refractivity contribution < 1.29 is 4.43 Å². The van der Waals surface area contributed by atoms with Crippen molar-refractivity contribution in [3.05, 3.63) is 29.8 Å². The first kappa shape index (κ1) is 16.5. The summed E-state index contributed by atoms with van der Waals surface area (Å²) in [6.45, 7) is 9.72. The standard InChI is InChI=1S/C17H30OSi/c1-5-8-14-19(18-7-3,15-9-6-2)17-12-10-16(4)11-13-17/h10-13H,5-9,14-15H2,1-4H3. The van der Waals surface area contributed by atoms with Gasteiger partial charge in [0.05, 0.1) is 0 Å². The quantitative estimate of drug-likeness (QED) is 0.590. The van der Waals surface area contributed by atoms with Crippen molar-refractivity contribution in [1.82, 2.24) is 0 Å². The first-order chi connectivity index (χ1) is 9.18. The summed E-state index contributed by atoms with van der Waals surface area (Å²) in [6, 6.07) is 11.7. The van der Waals surface area contributed by atoms with Gasteiger partial charge in [-0.05, 0) is 31.1 Å². The number of benzene rings is 1. The Morgan fingerprint density at radius 3 is 1.84 bits per heavy atom. The van der Waals surface area contributed by atoms with Crippen LogP contribution in [0.3, 0.4) is 0 Å². The van der Waals surface area contributed by atoms with Crippen molar-refractivity contribution >= 4 is 13.5 Å². The smallest absolute Gasteiger partial charge is 0.224 e. The molecular weight excluding hydrogens is 248 g/mol. The Labute approximate surface area is 120 Å². The van der Waals surface area contributed by atoms with Gasteiger partial charge in [0.25, 0.3) is 0 Å². The molecule has 1 aromatic carbocycles. The number of hydrogen-bond acceptors (Lipinski definition) is 1. The summed E-state index contributed by atoms with van der Waals surface area (Å²) in [5, 5.41) is 1.50. The fourth-order valence-corrected chi connectivity index (χ4v) is 7.16. The fourth-order valence-electron chi connectivity index (χ4n) is 2.70. The lowest BCUT2D eigenvalue weighted by Crippen LogP contribution is -2.50. The molecule has 1 rings (SSSR count). The minimum atomic E-state index is -1.74. The summed E-state index contributed by atoms with van der Waals surface area (Å²) in [5.41, 5.74) is 1.34. The van der Waals surface area contributed by atoms with E-state index in [1.54, 1.807) is 0 Å². The summed E-state index contributed by atoms with van der Waals surface area (Å²) in [4.78, 5) is 0. The molecule has 0 heterocycles. The van der Waals surface area contributed by atoms with E-state index in [0.29, 0.717) is 0 Å². The Kier molecular flexibility index (Phi) is 7.40. The van der Waals surface area contributed by atoms with Gasteiger partial charge in [0.15, 0.2) is 0 Å². The van der Waals surface area contributed by atoms with Gasteiger partial charge in [-0.15, -0.1) is 0 Å². The predicted molar refractivity (Wildman–Crippen MR) is 87.6 cm³/mol. The highest BCUT2D eigenvalue weighted by Crippen LogP contribution is 2.23. The van der Waals surface area contributed by atoms with Gasteiger partial charge in [0.1, 0.15) is 0 Å². The largest absolute Gasteiger partial charge is 0.413 e. The summed E-state index contributed by atoms with van der Waals surface area (Å²) in [7, 11) is -1.74. The molecule has 0 N–H and O–H groups in total. The Morgan fingerprint density at radius 2 is 1.42 bits per heavy atom. The van der Waals surface area contributed by atoms with Gasteiger partial charge in [-0.3, -0.25) is 0 Å². The van der Waals surface area contributed by atoms with Crippen LogP contribution in [0.15, 0.2) is 24.3 Å². The number of rotatable bonds is 9. The molecule has 0 saturated heterocycles. The molecule has 0 amide bonds. The minimum absolute atomic E-state index is 0.855. The zero-order chi connectivity index (χ0) is 14.1. The van der Waals surface area contributed by atoms with E-state index in [-0.39, 0.29) is 0 Å². The third-order valence-electron chi connectivity index (χ3n) is 3.87. The zero-order valence-electron chi connectivity index (χ0n) is 13.2.